The number of nitrogens with one attached hydrogen (secondary N) is 1. The third kappa shape index (κ3) is 4.49. The Kier molecular flexibility index (Phi) is 6.92. The van der Waals surface area contributed by atoms with Gasteiger partial charge < -0.3 is 5.32 Å². The predicted molar refractivity (Wildman–Crippen MR) is 89.7 cm³/mol. The Morgan fingerprint density at radius 2 is 1.52 bits per heavy atom. The molecule has 1 aliphatic heterocycles. The summed E-state index contributed by atoms with van der Waals surface area (Å²) in [6.45, 7) is 2.00. The Morgan fingerprint density at radius 3 is 2.13 bits per heavy atom. The Bertz CT molecular complexity index is 561. The molecule has 3 heteroatoms. The molecule has 0 aromatic heterocycles. The number of hydrogen-bond donors (Lipinski definition) is 1. The molecule has 1 aromatic rings. The summed E-state index contributed by atoms with van der Waals surface area (Å²) >= 11 is 0. The number of anilines is 1. The molecule has 10 radical (unpaired) electrons. The second-order valence-electron chi connectivity index (χ2n) is 5.19. The van der Waals surface area contributed by atoms with Crippen LogP contribution in [0.1, 0.15) is 11.1 Å². The molecule has 2 aliphatic carbocycles. The first-order valence-corrected chi connectivity index (χ1v) is 7.27. The maximum Gasteiger partial charge on any atom is 2.00 e. The van der Waals surface area contributed by atoms with Crippen LogP contribution in [0.4, 0.5) is 5.69 Å². The third-order valence-corrected chi connectivity index (χ3v) is 3.60. The van der Waals surface area contributed by atoms with Gasteiger partial charge in [0, 0.05) is 17.1 Å². The third-order valence-electron chi connectivity index (χ3n) is 3.60. The average molecular weight is 343 g/mol. The van der Waals surface area contributed by atoms with Crippen LogP contribution in [0.25, 0.3) is 5.57 Å². The summed E-state index contributed by atoms with van der Waals surface area (Å²) in [4.78, 5) is 11.9. The number of para-hydroxylation sites is 1. The van der Waals surface area contributed by atoms with Crippen LogP contribution in [-0.2, 0) is 21.9 Å². The summed E-state index contributed by atoms with van der Waals surface area (Å²) in [7, 11) is 0. The van der Waals surface area contributed by atoms with Crippen LogP contribution >= 0.6 is 0 Å². The number of fused-ring (bicyclic) bond motifs is 1. The minimum Gasteiger partial charge on any atom is -0.321 e. The van der Waals surface area contributed by atoms with Crippen LogP contribution in [0.3, 0.4) is 0 Å². The smallest absolute Gasteiger partial charge is 0.321 e. The monoisotopic (exact) mass is 343 g/mol. The van der Waals surface area contributed by atoms with Gasteiger partial charge in [-0.1, -0.05) is 24.3 Å². The molecule has 4 rings (SSSR count). The Morgan fingerprint density at radius 1 is 0.913 bits per heavy atom. The average Bonchev–Trinajstić information content (AvgIpc) is 3.26. The van der Waals surface area contributed by atoms with E-state index in [1.54, 1.807) is 0 Å². The number of carbonyl (C=O) groups excluding carboxylic acids is 1. The molecule has 2 nitrogen and oxygen atoms in total. The molecule has 3 aliphatic rings. The molecule has 1 heterocycles. The number of hydrogen-bond acceptors (Lipinski definition) is 1. The topological polar surface area (TPSA) is 29.1 Å². The van der Waals surface area contributed by atoms with Crippen molar-refractivity contribution in [3.63, 3.8) is 0 Å². The maximum atomic E-state index is 11.9. The van der Waals surface area contributed by atoms with Gasteiger partial charge in [-0.3, -0.25) is 4.79 Å². The zero-order chi connectivity index (χ0) is 15.4. The number of benzene rings is 1. The fourth-order valence-corrected chi connectivity index (χ4v) is 2.48. The van der Waals surface area contributed by atoms with E-state index in [4.69, 9.17) is 0 Å². The van der Waals surface area contributed by atoms with Gasteiger partial charge in [0.15, 0.2) is 0 Å². The van der Waals surface area contributed by atoms with Crippen molar-refractivity contribution < 1.29 is 21.9 Å². The quantitative estimate of drug-likeness (QED) is 0.611. The Labute approximate surface area is 150 Å². The molecule has 0 spiro atoms. The molecule has 0 unspecified atom stereocenters. The van der Waals surface area contributed by atoms with Crippen LogP contribution in [0, 0.1) is 70.6 Å². The largest absolute Gasteiger partial charge is 2.00 e. The van der Waals surface area contributed by atoms with Gasteiger partial charge >= 0.3 is 17.1 Å². The van der Waals surface area contributed by atoms with E-state index >= 15 is 0 Å². The van der Waals surface area contributed by atoms with E-state index in [1.807, 2.05) is 89.0 Å². The summed E-state index contributed by atoms with van der Waals surface area (Å²) in [5.74, 6) is 1.04. The number of carbonyl (C=O) groups is 1. The second kappa shape index (κ2) is 8.70. The first-order valence-electron chi connectivity index (χ1n) is 7.27. The molecule has 1 amide bonds. The van der Waals surface area contributed by atoms with Gasteiger partial charge in [0.1, 0.15) is 0 Å². The van der Waals surface area contributed by atoms with Crippen LogP contribution in [0.2, 0.25) is 0 Å². The zero-order valence-electron chi connectivity index (χ0n) is 12.8. The molecule has 2 fully saturated rings. The van der Waals surface area contributed by atoms with Gasteiger partial charge in [-0.05, 0) is 70.3 Å². The maximum absolute atomic E-state index is 11.9. The summed E-state index contributed by atoms with van der Waals surface area (Å²) < 4.78 is 0. The van der Waals surface area contributed by atoms with Gasteiger partial charge in [0.2, 0.25) is 0 Å². The van der Waals surface area contributed by atoms with Crippen LogP contribution in [0.15, 0.2) is 24.3 Å². The van der Waals surface area contributed by atoms with Crippen molar-refractivity contribution in [2.45, 2.75) is 6.92 Å². The number of amides is 1. The van der Waals surface area contributed by atoms with Crippen molar-refractivity contribution in [3.8, 4) is 0 Å². The summed E-state index contributed by atoms with van der Waals surface area (Å²) in [5.41, 5.74) is 3.78. The standard InChI is InChI=1S/C15H12NO.C5H5.Fe/c1-10-5-4-8-12-13(15(17)16-14(10)12)9-11-6-2-3-7-11;1-2-4-5-3-1;/h2-9H,1H3,(H,16,17);1-5H;/q;;+2/b13-9-;;. The van der Waals surface area contributed by atoms with E-state index in [0.717, 1.165) is 28.3 Å². The molecule has 1 aromatic carbocycles. The first kappa shape index (κ1) is 18.3. The SMILES string of the molecule is Cc1cccc2c1NC(=O)/C2=C\[C]1[CH][CH][CH][CH]1.[CH]1[CH][CH][CH][CH]1.[Fe+2]. The van der Waals surface area contributed by atoms with Gasteiger partial charge in [0.25, 0.3) is 5.91 Å². The Balaban J connectivity index is 0.000000276. The van der Waals surface area contributed by atoms with Gasteiger partial charge in [-0.25, -0.2) is 0 Å². The molecule has 114 valence electrons. The molecule has 2 saturated carbocycles. The minimum absolute atomic E-state index is 0. The molecule has 0 saturated heterocycles. The molecular weight excluding hydrogens is 326 g/mol. The minimum atomic E-state index is -0.0181. The van der Waals surface area contributed by atoms with Crippen molar-refractivity contribution in [3.05, 3.63) is 99.1 Å². The summed E-state index contributed by atoms with van der Waals surface area (Å²) in [5, 5.41) is 2.92. The van der Waals surface area contributed by atoms with E-state index in [2.05, 4.69) is 5.32 Å². The van der Waals surface area contributed by atoms with E-state index in [9.17, 15) is 4.79 Å². The molecule has 23 heavy (non-hydrogen) atoms. The number of allylic oxidation sites excluding steroid dienone is 1. The van der Waals surface area contributed by atoms with Gasteiger partial charge in [-0.15, -0.1) is 0 Å². The van der Waals surface area contributed by atoms with Gasteiger partial charge in [0.05, 0.1) is 5.69 Å². The molecule has 0 atom stereocenters. The van der Waals surface area contributed by atoms with Crippen molar-refractivity contribution in [1.82, 2.24) is 0 Å². The molecular formula is C20H17FeNO+2. The fraction of sp³-hybridized carbons (Fsp3) is 0.0500. The van der Waals surface area contributed by atoms with E-state index in [-0.39, 0.29) is 23.0 Å². The summed E-state index contributed by atoms with van der Waals surface area (Å²) in [6, 6.07) is 5.97. The van der Waals surface area contributed by atoms with Crippen LogP contribution in [-0.4, -0.2) is 5.91 Å². The van der Waals surface area contributed by atoms with Crippen molar-refractivity contribution in [1.29, 1.82) is 0 Å². The van der Waals surface area contributed by atoms with E-state index in [1.165, 1.54) is 0 Å². The van der Waals surface area contributed by atoms with Gasteiger partial charge in [-0.2, -0.15) is 0 Å². The Hall–Kier alpha value is -1.05. The molecule has 1 N–H and O–H groups in total. The van der Waals surface area contributed by atoms with Crippen molar-refractivity contribution in [2.24, 2.45) is 0 Å². The molecule has 0 bridgehead atoms. The van der Waals surface area contributed by atoms with E-state index < -0.39 is 0 Å². The zero-order valence-corrected chi connectivity index (χ0v) is 13.9. The second-order valence-corrected chi connectivity index (χ2v) is 5.19. The predicted octanol–water partition coefficient (Wildman–Crippen LogP) is 3.75. The fourth-order valence-electron chi connectivity index (χ4n) is 2.48. The first-order chi connectivity index (χ1) is 10.8. The number of aryl methyl sites for hydroxylation is 1. The van der Waals surface area contributed by atoms with Crippen LogP contribution < -0.4 is 5.32 Å². The number of rotatable bonds is 1. The van der Waals surface area contributed by atoms with Crippen LogP contribution in [0.5, 0.6) is 0 Å². The normalized spacial score (nSPS) is 21.4. The van der Waals surface area contributed by atoms with Crippen molar-refractivity contribution >= 4 is 17.2 Å². The summed E-state index contributed by atoms with van der Waals surface area (Å²) in [6.07, 6.45) is 19.9. The van der Waals surface area contributed by atoms with Crippen molar-refractivity contribution in [2.75, 3.05) is 5.32 Å². The van der Waals surface area contributed by atoms with E-state index in [0.29, 0.717) is 0 Å².